The molecule has 1 aromatic heterocycles. The van der Waals surface area contributed by atoms with Gasteiger partial charge in [-0.2, -0.15) is 4.31 Å². The lowest BCUT2D eigenvalue weighted by Crippen LogP contribution is -2.30. The molecule has 1 heterocycles. The van der Waals surface area contributed by atoms with E-state index in [0.29, 0.717) is 6.54 Å². The monoisotopic (exact) mass is 489 g/mol. The molecule has 0 amide bonds. The first kappa shape index (κ1) is 24.7. The van der Waals surface area contributed by atoms with Crippen LogP contribution in [0.5, 0.6) is 5.75 Å². The zero-order valence-corrected chi connectivity index (χ0v) is 21.2. The molecule has 3 aromatic carbocycles. The highest BCUT2D eigenvalue weighted by Crippen LogP contribution is 2.29. The summed E-state index contributed by atoms with van der Waals surface area (Å²) in [6.07, 6.45) is 5.32. The normalized spacial score (nSPS) is 11.7. The average Bonchev–Trinajstić information content (AvgIpc) is 3.32. The van der Waals surface area contributed by atoms with E-state index >= 15 is 0 Å². The van der Waals surface area contributed by atoms with Gasteiger partial charge in [-0.3, -0.25) is 0 Å². The molecule has 0 saturated carbocycles. The summed E-state index contributed by atoms with van der Waals surface area (Å²) in [6.45, 7) is 2.51. The fourth-order valence-electron chi connectivity index (χ4n) is 4.10. The lowest BCUT2D eigenvalue weighted by molar-refractivity contribution is 0.412. The molecule has 4 rings (SSSR count). The van der Waals surface area contributed by atoms with E-state index in [4.69, 9.17) is 4.74 Å². The standard InChI is InChI=1S/C28H31N3O3S/c1-4-31(19-23-11-15-25(34-3)16-12-23)35(32,33)26-17-14-24(13-10-22-8-6-5-7-9-22)27(18-26)28-20-30(2)21-29-28/h5-9,11-12,14-18,20-21H,4,10,13,19H2,1-3H3. The van der Waals surface area contributed by atoms with Crippen LogP contribution >= 0.6 is 0 Å². The minimum absolute atomic E-state index is 0.275. The number of ether oxygens (including phenoxy) is 1. The highest BCUT2D eigenvalue weighted by molar-refractivity contribution is 7.89. The summed E-state index contributed by atoms with van der Waals surface area (Å²) in [4.78, 5) is 4.79. The number of benzene rings is 3. The molecule has 0 spiro atoms. The highest BCUT2D eigenvalue weighted by atomic mass is 32.2. The number of hydrogen-bond donors (Lipinski definition) is 0. The molecule has 6 nitrogen and oxygen atoms in total. The van der Waals surface area contributed by atoms with Crippen molar-refractivity contribution < 1.29 is 13.2 Å². The number of methoxy groups -OCH3 is 1. The molecule has 0 fully saturated rings. The topological polar surface area (TPSA) is 64.4 Å². The second-order valence-electron chi connectivity index (χ2n) is 8.51. The quantitative estimate of drug-likeness (QED) is 0.311. The Bertz CT molecular complexity index is 1360. The van der Waals surface area contributed by atoms with E-state index in [1.165, 1.54) is 9.87 Å². The van der Waals surface area contributed by atoms with Crippen LogP contribution in [-0.4, -0.2) is 35.9 Å². The maximum atomic E-state index is 13.6. The molecule has 0 N–H and O–H groups in total. The van der Waals surface area contributed by atoms with Crippen LogP contribution in [0.4, 0.5) is 0 Å². The molecule has 4 aromatic rings. The number of imidazole rings is 1. The molecule has 7 heteroatoms. The van der Waals surface area contributed by atoms with Crippen molar-refractivity contribution >= 4 is 10.0 Å². The summed E-state index contributed by atoms with van der Waals surface area (Å²) < 4.78 is 35.9. The van der Waals surface area contributed by atoms with Gasteiger partial charge in [0.25, 0.3) is 0 Å². The predicted octanol–water partition coefficient (Wildman–Crippen LogP) is 5.09. The minimum Gasteiger partial charge on any atom is -0.497 e. The number of hydrogen-bond acceptors (Lipinski definition) is 4. The van der Waals surface area contributed by atoms with Crippen molar-refractivity contribution in [1.82, 2.24) is 13.9 Å². The SMILES string of the molecule is CCN(Cc1ccc(OC)cc1)S(=O)(=O)c1ccc(CCc2ccccc2)c(-c2cn(C)cn2)c1. The second kappa shape index (κ2) is 10.9. The Balaban J connectivity index is 1.65. The van der Waals surface area contributed by atoms with Gasteiger partial charge in [0.15, 0.2) is 0 Å². The van der Waals surface area contributed by atoms with Crippen LogP contribution in [0.1, 0.15) is 23.6 Å². The van der Waals surface area contributed by atoms with E-state index in [9.17, 15) is 8.42 Å². The number of nitrogens with zero attached hydrogens (tertiary/aromatic N) is 3. The van der Waals surface area contributed by atoms with Crippen molar-refractivity contribution in [2.75, 3.05) is 13.7 Å². The predicted molar refractivity (Wildman–Crippen MR) is 139 cm³/mol. The van der Waals surface area contributed by atoms with E-state index in [0.717, 1.165) is 41.0 Å². The number of aromatic nitrogens is 2. The molecule has 0 unspecified atom stereocenters. The van der Waals surface area contributed by atoms with Crippen molar-refractivity contribution in [2.24, 2.45) is 7.05 Å². The van der Waals surface area contributed by atoms with Gasteiger partial charge in [-0.05, 0) is 53.8 Å². The highest BCUT2D eigenvalue weighted by Gasteiger charge is 2.25. The van der Waals surface area contributed by atoms with Gasteiger partial charge in [0, 0.05) is 31.9 Å². The van der Waals surface area contributed by atoms with Crippen molar-refractivity contribution in [3.8, 4) is 17.0 Å². The van der Waals surface area contributed by atoms with Crippen LogP contribution in [-0.2, 0) is 36.5 Å². The van der Waals surface area contributed by atoms with Crippen LogP contribution in [0.25, 0.3) is 11.3 Å². The van der Waals surface area contributed by atoms with Crippen molar-refractivity contribution in [3.05, 3.63) is 102 Å². The average molecular weight is 490 g/mol. The van der Waals surface area contributed by atoms with Gasteiger partial charge in [-0.15, -0.1) is 0 Å². The Hall–Kier alpha value is -3.42. The molecule has 0 radical (unpaired) electrons. The smallest absolute Gasteiger partial charge is 0.243 e. The van der Waals surface area contributed by atoms with Gasteiger partial charge >= 0.3 is 0 Å². The molecule has 182 valence electrons. The van der Waals surface area contributed by atoms with E-state index in [2.05, 4.69) is 17.1 Å². The van der Waals surface area contributed by atoms with Crippen LogP contribution in [0, 0.1) is 0 Å². The summed E-state index contributed by atoms with van der Waals surface area (Å²) in [5, 5.41) is 0. The molecule has 0 saturated heterocycles. The Morgan fingerprint density at radius 3 is 2.31 bits per heavy atom. The first-order chi connectivity index (χ1) is 16.9. The first-order valence-corrected chi connectivity index (χ1v) is 13.1. The second-order valence-corrected chi connectivity index (χ2v) is 10.4. The van der Waals surface area contributed by atoms with Gasteiger partial charge in [-0.25, -0.2) is 13.4 Å². The van der Waals surface area contributed by atoms with Crippen molar-refractivity contribution in [1.29, 1.82) is 0 Å². The van der Waals surface area contributed by atoms with Crippen LogP contribution in [0.2, 0.25) is 0 Å². The first-order valence-electron chi connectivity index (χ1n) is 11.7. The van der Waals surface area contributed by atoms with Gasteiger partial charge in [0.1, 0.15) is 5.75 Å². The molecular formula is C28H31N3O3S. The maximum Gasteiger partial charge on any atom is 0.243 e. The lowest BCUT2D eigenvalue weighted by Gasteiger charge is -2.21. The third-order valence-corrected chi connectivity index (χ3v) is 8.01. The van der Waals surface area contributed by atoms with Gasteiger partial charge < -0.3 is 9.30 Å². The summed E-state index contributed by atoms with van der Waals surface area (Å²) in [5.74, 6) is 0.741. The fraction of sp³-hybridized carbons (Fsp3) is 0.250. The number of rotatable bonds is 10. The largest absolute Gasteiger partial charge is 0.497 e. The summed E-state index contributed by atoms with van der Waals surface area (Å²) in [6, 6.07) is 23.2. The van der Waals surface area contributed by atoms with Crippen molar-refractivity contribution in [3.63, 3.8) is 0 Å². The Morgan fingerprint density at radius 2 is 1.69 bits per heavy atom. The molecule has 35 heavy (non-hydrogen) atoms. The van der Waals surface area contributed by atoms with Crippen LogP contribution in [0.15, 0.2) is 90.2 Å². The zero-order chi connectivity index (χ0) is 24.8. The zero-order valence-electron chi connectivity index (χ0n) is 20.4. The summed E-state index contributed by atoms with van der Waals surface area (Å²) >= 11 is 0. The van der Waals surface area contributed by atoms with E-state index < -0.39 is 10.0 Å². The maximum absolute atomic E-state index is 13.6. The molecule has 0 aliphatic rings. The molecule has 0 aliphatic carbocycles. The summed E-state index contributed by atoms with van der Waals surface area (Å²) in [7, 11) is -0.182. The van der Waals surface area contributed by atoms with Crippen LogP contribution < -0.4 is 4.74 Å². The molecule has 0 atom stereocenters. The Labute approximate surface area is 207 Å². The summed E-state index contributed by atoms with van der Waals surface area (Å²) in [5.41, 5.74) is 4.84. The number of sulfonamides is 1. The molecule has 0 aliphatic heterocycles. The van der Waals surface area contributed by atoms with E-state index in [1.54, 1.807) is 25.6 Å². The van der Waals surface area contributed by atoms with E-state index in [1.807, 2.05) is 73.3 Å². The number of aryl methyl sites for hydroxylation is 3. The third-order valence-electron chi connectivity index (χ3n) is 6.10. The third kappa shape index (κ3) is 5.81. The molecule has 0 bridgehead atoms. The van der Waals surface area contributed by atoms with Gasteiger partial charge in [0.2, 0.25) is 10.0 Å². The fourth-order valence-corrected chi connectivity index (χ4v) is 5.56. The van der Waals surface area contributed by atoms with Gasteiger partial charge in [0.05, 0.1) is 24.0 Å². The molecular weight excluding hydrogens is 458 g/mol. The van der Waals surface area contributed by atoms with Gasteiger partial charge in [-0.1, -0.05) is 55.5 Å². The minimum atomic E-state index is -3.71. The Kier molecular flexibility index (Phi) is 7.68. The Morgan fingerprint density at radius 1 is 0.943 bits per heavy atom. The lowest BCUT2D eigenvalue weighted by atomic mass is 9.98. The van der Waals surface area contributed by atoms with Crippen LogP contribution in [0.3, 0.4) is 0 Å². The van der Waals surface area contributed by atoms with E-state index in [-0.39, 0.29) is 11.4 Å². The van der Waals surface area contributed by atoms with Crippen molar-refractivity contribution in [2.45, 2.75) is 31.2 Å².